The van der Waals surface area contributed by atoms with Crippen molar-refractivity contribution in [3.63, 3.8) is 0 Å². The van der Waals surface area contributed by atoms with Crippen LogP contribution in [-0.2, 0) is 20.8 Å². The molecule has 0 bridgehead atoms. The molecule has 0 radical (unpaired) electrons. The van der Waals surface area contributed by atoms with E-state index in [1.165, 1.54) is 7.05 Å². The molecule has 6 nitrogen and oxygen atoms in total. The summed E-state index contributed by atoms with van der Waals surface area (Å²) in [6, 6.07) is 7.60. The summed E-state index contributed by atoms with van der Waals surface area (Å²) in [5, 5.41) is 11.5. The number of carbonyl (C=O) groups excluding carboxylic acids is 2. The molecule has 1 aromatic rings. The van der Waals surface area contributed by atoms with Crippen LogP contribution in [0.5, 0.6) is 0 Å². The third-order valence-electron chi connectivity index (χ3n) is 3.62. The number of hydrogen-bond acceptors (Lipinski definition) is 3. The van der Waals surface area contributed by atoms with Gasteiger partial charge in [-0.05, 0) is 24.5 Å². The molecule has 21 heavy (non-hydrogen) atoms. The SMILES string of the molecule is CN(CC(=O)O)C(=O)CCC1Cc2ccccc2NC1=O. The Hall–Kier alpha value is -2.37. The number of para-hydroxylation sites is 1. The van der Waals surface area contributed by atoms with Gasteiger partial charge in [-0.2, -0.15) is 0 Å². The number of carbonyl (C=O) groups is 3. The molecule has 1 aliphatic rings. The summed E-state index contributed by atoms with van der Waals surface area (Å²) in [5.74, 6) is -1.64. The lowest BCUT2D eigenvalue weighted by molar-refractivity contribution is -0.143. The van der Waals surface area contributed by atoms with Crippen molar-refractivity contribution in [2.45, 2.75) is 19.3 Å². The van der Waals surface area contributed by atoms with E-state index >= 15 is 0 Å². The molecule has 1 unspecified atom stereocenters. The topological polar surface area (TPSA) is 86.7 Å². The smallest absolute Gasteiger partial charge is 0.323 e. The van der Waals surface area contributed by atoms with E-state index in [4.69, 9.17) is 5.11 Å². The molecule has 2 amide bonds. The molecule has 1 heterocycles. The molecule has 0 spiro atoms. The van der Waals surface area contributed by atoms with E-state index in [2.05, 4.69) is 5.32 Å². The van der Waals surface area contributed by atoms with Crippen LogP contribution in [0.3, 0.4) is 0 Å². The van der Waals surface area contributed by atoms with E-state index in [-0.39, 0.29) is 30.7 Å². The highest BCUT2D eigenvalue weighted by molar-refractivity contribution is 5.96. The van der Waals surface area contributed by atoms with Gasteiger partial charge in [-0.3, -0.25) is 14.4 Å². The number of likely N-dealkylation sites (N-methyl/N-ethyl adjacent to an activating group) is 1. The van der Waals surface area contributed by atoms with Gasteiger partial charge >= 0.3 is 5.97 Å². The highest BCUT2D eigenvalue weighted by atomic mass is 16.4. The summed E-state index contributed by atoms with van der Waals surface area (Å²) in [5.41, 5.74) is 1.89. The number of carboxylic acid groups (broad SMARTS) is 1. The normalized spacial score (nSPS) is 16.8. The molecular formula is C15H18N2O4. The van der Waals surface area contributed by atoms with Gasteiger partial charge in [0.1, 0.15) is 6.54 Å². The minimum atomic E-state index is -1.05. The van der Waals surface area contributed by atoms with Crippen LogP contribution in [0.15, 0.2) is 24.3 Å². The van der Waals surface area contributed by atoms with Gasteiger partial charge in [-0.25, -0.2) is 0 Å². The number of fused-ring (bicyclic) bond motifs is 1. The van der Waals surface area contributed by atoms with E-state index < -0.39 is 5.97 Å². The third-order valence-corrected chi connectivity index (χ3v) is 3.62. The van der Waals surface area contributed by atoms with Gasteiger partial charge in [0.15, 0.2) is 0 Å². The Kier molecular flexibility index (Phi) is 4.57. The fourth-order valence-corrected chi connectivity index (χ4v) is 2.43. The van der Waals surface area contributed by atoms with Crippen LogP contribution < -0.4 is 5.32 Å². The van der Waals surface area contributed by atoms with Crippen molar-refractivity contribution < 1.29 is 19.5 Å². The van der Waals surface area contributed by atoms with Crippen LogP contribution >= 0.6 is 0 Å². The number of nitrogens with one attached hydrogen (secondary N) is 1. The number of amides is 2. The first kappa shape index (κ1) is 15.0. The van der Waals surface area contributed by atoms with Gasteiger partial charge in [0.05, 0.1) is 0 Å². The molecule has 1 atom stereocenters. The average molecular weight is 290 g/mol. The first-order valence-corrected chi connectivity index (χ1v) is 6.82. The molecule has 2 N–H and O–H groups in total. The maximum Gasteiger partial charge on any atom is 0.323 e. The summed E-state index contributed by atoms with van der Waals surface area (Å²) >= 11 is 0. The fraction of sp³-hybridized carbons (Fsp3) is 0.400. The van der Waals surface area contributed by atoms with Crippen LogP contribution in [0.1, 0.15) is 18.4 Å². The summed E-state index contributed by atoms with van der Waals surface area (Å²) in [6.45, 7) is -0.321. The zero-order chi connectivity index (χ0) is 15.4. The molecule has 0 aliphatic carbocycles. The number of nitrogens with zero attached hydrogens (tertiary/aromatic N) is 1. The second-order valence-electron chi connectivity index (χ2n) is 5.23. The Balaban J connectivity index is 1.91. The molecule has 6 heteroatoms. The molecule has 0 fully saturated rings. The van der Waals surface area contributed by atoms with Gasteiger partial charge in [-0.1, -0.05) is 18.2 Å². The summed E-state index contributed by atoms with van der Waals surface area (Å²) in [6.07, 6.45) is 1.20. The number of benzene rings is 1. The van der Waals surface area contributed by atoms with Crippen molar-refractivity contribution in [2.24, 2.45) is 5.92 Å². The first-order valence-electron chi connectivity index (χ1n) is 6.82. The van der Waals surface area contributed by atoms with Crippen molar-refractivity contribution in [1.29, 1.82) is 0 Å². The maximum atomic E-state index is 12.0. The van der Waals surface area contributed by atoms with Gasteiger partial charge in [0, 0.05) is 25.1 Å². The van der Waals surface area contributed by atoms with E-state index in [0.29, 0.717) is 12.8 Å². The first-order chi connectivity index (χ1) is 9.97. The van der Waals surface area contributed by atoms with E-state index in [1.807, 2.05) is 24.3 Å². The Labute approximate surface area is 122 Å². The molecule has 0 saturated carbocycles. The monoisotopic (exact) mass is 290 g/mol. The Morgan fingerprint density at radius 2 is 2.10 bits per heavy atom. The predicted octanol–water partition coefficient (Wildman–Crippen LogP) is 1.12. The zero-order valence-corrected chi connectivity index (χ0v) is 11.8. The van der Waals surface area contributed by atoms with Crippen molar-refractivity contribution in [1.82, 2.24) is 4.90 Å². The highest BCUT2D eigenvalue weighted by Crippen LogP contribution is 2.27. The third kappa shape index (κ3) is 3.81. The Morgan fingerprint density at radius 1 is 1.38 bits per heavy atom. The average Bonchev–Trinajstić information content (AvgIpc) is 2.43. The van der Waals surface area contributed by atoms with Crippen LogP contribution in [0.2, 0.25) is 0 Å². The van der Waals surface area contributed by atoms with Crippen LogP contribution in [0.25, 0.3) is 0 Å². The number of carboxylic acids is 1. The number of hydrogen-bond donors (Lipinski definition) is 2. The van der Waals surface area contributed by atoms with Gasteiger partial charge in [0.25, 0.3) is 0 Å². The number of aliphatic carboxylic acids is 1. The zero-order valence-electron chi connectivity index (χ0n) is 11.8. The molecule has 112 valence electrons. The number of anilines is 1. The molecular weight excluding hydrogens is 272 g/mol. The highest BCUT2D eigenvalue weighted by Gasteiger charge is 2.26. The van der Waals surface area contributed by atoms with Crippen LogP contribution in [-0.4, -0.2) is 41.4 Å². The van der Waals surface area contributed by atoms with Crippen LogP contribution in [0, 0.1) is 5.92 Å². The van der Waals surface area contributed by atoms with Gasteiger partial charge in [0.2, 0.25) is 11.8 Å². The number of rotatable bonds is 5. The lowest BCUT2D eigenvalue weighted by Crippen LogP contribution is -2.34. The Bertz CT molecular complexity index is 571. The van der Waals surface area contributed by atoms with Crippen molar-refractivity contribution in [3.05, 3.63) is 29.8 Å². The van der Waals surface area contributed by atoms with Crippen LogP contribution in [0.4, 0.5) is 5.69 Å². The minimum Gasteiger partial charge on any atom is -0.480 e. The molecule has 1 aromatic carbocycles. The molecule has 0 aromatic heterocycles. The maximum absolute atomic E-state index is 12.0. The summed E-state index contributed by atoms with van der Waals surface area (Å²) < 4.78 is 0. The second kappa shape index (κ2) is 6.39. The van der Waals surface area contributed by atoms with Crippen molar-refractivity contribution >= 4 is 23.5 Å². The van der Waals surface area contributed by atoms with E-state index in [9.17, 15) is 14.4 Å². The summed E-state index contributed by atoms with van der Waals surface area (Å²) in [4.78, 5) is 35.5. The predicted molar refractivity (Wildman–Crippen MR) is 76.8 cm³/mol. The van der Waals surface area contributed by atoms with E-state index in [1.54, 1.807) is 0 Å². The molecule has 2 rings (SSSR count). The molecule has 1 aliphatic heterocycles. The Morgan fingerprint density at radius 3 is 2.81 bits per heavy atom. The van der Waals surface area contributed by atoms with Crippen molar-refractivity contribution in [2.75, 3.05) is 18.9 Å². The quantitative estimate of drug-likeness (QED) is 0.850. The summed E-state index contributed by atoms with van der Waals surface area (Å²) in [7, 11) is 1.45. The minimum absolute atomic E-state index is 0.0811. The van der Waals surface area contributed by atoms with Gasteiger partial charge in [-0.15, -0.1) is 0 Å². The van der Waals surface area contributed by atoms with Gasteiger partial charge < -0.3 is 15.3 Å². The van der Waals surface area contributed by atoms with E-state index in [0.717, 1.165) is 16.2 Å². The second-order valence-corrected chi connectivity index (χ2v) is 5.23. The largest absolute Gasteiger partial charge is 0.480 e. The lowest BCUT2D eigenvalue weighted by atomic mass is 9.89. The van der Waals surface area contributed by atoms with Crippen molar-refractivity contribution in [3.8, 4) is 0 Å². The molecule has 0 saturated heterocycles. The fourth-order valence-electron chi connectivity index (χ4n) is 2.43. The lowest BCUT2D eigenvalue weighted by Gasteiger charge is -2.25. The standard InChI is InChI=1S/C15H18N2O4/c1-17(9-14(19)20)13(18)7-6-11-8-10-4-2-3-5-12(10)16-15(11)21/h2-5,11H,6-9H2,1H3,(H,16,21)(H,19,20).